The first-order valence-corrected chi connectivity index (χ1v) is 11.7. The zero-order valence-corrected chi connectivity index (χ0v) is 20.0. The third-order valence-electron chi connectivity index (χ3n) is 5.40. The smallest absolute Gasteiger partial charge is 0.221 e. The molecule has 0 aliphatic carbocycles. The third kappa shape index (κ3) is 5.49. The highest BCUT2D eigenvalue weighted by Crippen LogP contribution is 2.32. The van der Waals surface area contributed by atoms with Gasteiger partial charge in [-0.3, -0.25) is 4.79 Å². The second kappa shape index (κ2) is 10.0. The van der Waals surface area contributed by atoms with E-state index < -0.39 is 0 Å². The lowest BCUT2D eigenvalue weighted by Crippen LogP contribution is -2.26. The topological polar surface area (TPSA) is 77.2 Å². The first kappa shape index (κ1) is 22.7. The average Bonchev–Trinajstić information content (AvgIpc) is 3.45. The Hall–Kier alpha value is -3.45. The van der Waals surface area contributed by atoms with Crippen molar-refractivity contribution in [1.82, 2.24) is 15.3 Å². The van der Waals surface area contributed by atoms with E-state index in [1.54, 1.807) is 24.6 Å². The van der Waals surface area contributed by atoms with E-state index in [4.69, 9.17) is 14.1 Å². The van der Waals surface area contributed by atoms with Crippen molar-refractivity contribution >= 4 is 17.2 Å². The van der Waals surface area contributed by atoms with E-state index >= 15 is 0 Å². The third-order valence-corrected chi connectivity index (χ3v) is 6.79. The summed E-state index contributed by atoms with van der Waals surface area (Å²) in [4.78, 5) is 22.7. The van der Waals surface area contributed by atoms with Crippen LogP contribution in [0.1, 0.15) is 41.4 Å². The molecule has 0 aliphatic rings. The van der Waals surface area contributed by atoms with Gasteiger partial charge in [0.1, 0.15) is 10.8 Å². The molecule has 0 spiro atoms. The van der Waals surface area contributed by atoms with Gasteiger partial charge >= 0.3 is 0 Å². The first-order chi connectivity index (χ1) is 15.9. The van der Waals surface area contributed by atoms with Crippen LogP contribution in [0.25, 0.3) is 21.9 Å². The lowest BCUT2D eigenvalue weighted by Gasteiger charge is -2.12. The Balaban J connectivity index is 1.33. The molecule has 4 aromatic rings. The molecule has 170 valence electrons. The Kier molecular flexibility index (Phi) is 6.89. The zero-order valence-electron chi connectivity index (χ0n) is 19.2. The van der Waals surface area contributed by atoms with Crippen LogP contribution in [0.5, 0.6) is 5.75 Å². The SMILES string of the molecule is COc1ccc(-c2cnc(CCC(=O)NC(C)c3sc(-c4ccc(C)cc4)nc3C)o2)cc1. The Labute approximate surface area is 197 Å². The number of aryl methyl sites for hydroxylation is 3. The minimum Gasteiger partial charge on any atom is -0.497 e. The number of thiazole rings is 1. The Morgan fingerprint density at radius 1 is 1.09 bits per heavy atom. The maximum Gasteiger partial charge on any atom is 0.221 e. The molecule has 0 radical (unpaired) electrons. The van der Waals surface area contributed by atoms with Crippen LogP contribution >= 0.6 is 11.3 Å². The summed E-state index contributed by atoms with van der Waals surface area (Å²) in [6.07, 6.45) is 2.42. The van der Waals surface area contributed by atoms with E-state index in [1.807, 2.05) is 38.1 Å². The number of rotatable bonds is 8. The van der Waals surface area contributed by atoms with Crippen molar-refractivity contribution in [1.29, 1.82) is 0 Å². The standard InChI is InChI=1S/C26H27N3O3S/c1-16-5-7-20(8-6-16)26-29-18(3)25(33-26)17(2)28-23(30)13-14-24-27-15-22(32-24)19-9-11-21(31-4)12-10-19/h5-12,15,17H,13-14H2,1-4H3,(H,28,30). The van der Waals surface area contributed by atoms with E-state index in [9.17, 15) is 4.79 Å². The zero-order chi connectivity index (χ0) is 23.4. The Morgan fingerprint density at radius 2 is 1.79 bits per heavy atom. The van der Waals surface area contributed by atoms with Crippen LogP contribution in [0.15, 0.2) is 59.1 Å². The van der Waals surface area contributed by atoms with Gasteiger partial charge in [0, 0.05) is 24.0 Å². The number of ether oxygens (including phenoxy) is 1. The monoisotopic (exact) mass is 461 g/mol. The molecule has 0 saturated carbocycles. The molecule has 0 aliphatic heterocycles. The van der Waals surface area contributed by atoms with Gasteiger partial charge in [0.2, 0.25) is 5.91 Å². The minimum absolute atomic E-state index is 0.0450. The highest BCUT2D eigenvalue weighted by Gasteiger charge is 2.18. The van der Waals surface area contributed by atoms with Crippen LogP contribution in [0.2, 0.25) is 0 Å². The molecule has 2 aromatic heterocycles. The molecule has 0 bridgehead atoms. The molecule has 1 atom stereocenters. The predicted octanol–water partition coefficient (Wildman–Crippen LogP) is 5.90. The molecule has 2 aromatic carbocycles. The van der Waals surface area contributed by atoms with Crippen molar-refractivity contribution in [3.05, 3.63) is 76.8 Å². The van der Waals surface area contributed by atoms with E-state index in [0.717, 1.165) is 32.5 Å². The summed E-state index contributed by atoms with van der Waals surface area (Å²) < 4.78 is 11.0. The first-order valence-electron chi connectivity index (χ1n) is 10.9. The number of hydrogen-bond donors (Lipinski definition) is 1. The number of hydrogen-bond acceptors (Lipinski definition) is 6. The van der Waals surface area contributed by atoms with Crippen molar-refractivity contribution in [3.63, 3.8) is 0 Å². The molecule has 4 rings (SSSR count). The second-order valence-electron chi connectivity index (χ2n) is 7.97. The fourth-order valence-electron chi connectivity index (χ4n) is 3.54. The van der Waals surface area contributed by atoms with Gasteiger partial charge in [-0.15, -0.1) is 11.3 Å². The highest BCUT2D eigenvalue weighted by atomic mass is 32.1. The molecule has 1 N–H and O–H groups in total. The van der Waals surface area contributed by atoms with Crippen molar-refractivity contribution in [2.24, 2.45) is 0 Å². The van der Waals surface area contributed by atoms with E-state index in [2.05, 4.69) is 41.5 Å². The quantitative estimate of drug-likeness (QED) is 0.353. The molecule has 6 nitrogen and oxygen atoms in total. The second-order valence-corrected chi connectivity index (χ2v) is 9.00. The minimum atomic E-state index is -0.117. The summed E-state index contributed by atoms with van der Waals surface area (Å²) in [5.74, 6) is 1.95. The lowest BCUT2D eigenvalue weighted by molar-refractivity contribution is -0.121. The van der Waals surface area contributed by atoms with Crippen LogP contribution < -0.4 is 10.1 Å². The summed E-state index contributed by atoms with van der Waals surface area (Å²) in [6, 6.07) is 15.8. The average molecular weight is 462 g/mol. The number of amides is 1. The number of nitrogens with zero attached hydrogens (tertiary/aromatic N) is 2. The highest BCUT2D eigenvalue weighted by molar-refractivity contribution is 7.15. The molecule has 1 amide bonds. The van der Waals surface area contributed by atoms with Crippen LogP contribution in [0.4, 0.5) is 0 Å². The van der Waals surface area contributed by atoms with Gasteiger partial charge in [0.15, 0.2) is 11.7 Å². The van der Waals surface area contributed by atoms with E-state index in [1.165, 1.54) is 5.56 Å². The molecule has 1 unspecified atom stereocenters. The molecule has 2 heterocycles. The molecular formula is C26H27N3O3S. The summed E-state index contributed by atoms with van der Waals surface area (Å²) in [5.41, 5.74) is 4.17. The van der Waals surface area contributed by atoms with Crippen molar-refractivity contribution in [3.8, 4) is 27.6 Å². The molecule has 0 saturated heterocycles. The van der Waals surface area contributed by atoms with E-state index in [-0.39, 0.29) is 11.9 Å². The number of benzene rings is 2. The van der Waals surface area contributed by atoms with Crippen LogP contribution in [-0.4, -0.2) is 23.0 Å². The van der Waals surface area contributed by atoms with Crippen LogP contribution in [0, 0.1) is 13.8 Å². The van der Waals surface area contributed by atoms with Gasteiger partial charge in [-0.25, -0.2) is 9.97 Å². The normalized spacial score (nSPS) is 11.9. The summed E-state index contributed by atoms with van der Waals surface area (Å²) in [6.45, 7) is 6.04. The number of nitrogens with one attached hydrogen (secondary N) is 1. The number of oxazole rings is 1. The largest absolute Gasteiger partial charge is 0.497 e. The number of carbonyl (C=O) groups excluding carboxylic acids is 1. The lowest BCUT2D eigenvalue weighted by atomic mass is 10.2. The summed E-state index contributed by atoms with van der Waals surface area (Å²) in [7, 11) is 1.63. The summed E-state index contributed by atoms with van der Waals surface area (Å²) >= 11 is 1.62. The van der Waals surface area contributed by atoms with Crippen molar-refractivity contribution in [2.75, 3.05) is 7.11 Å². The number of carbonyl (C=O) groups is 1. The number of aromatic nitrogens is 2. The van der Waals surface area contributed by atoms with E-state index in [0.29, 0.717) is 24.5 Å². The Morgan fingerprint density at radius 3 is 2.48 bits per heavy atom. The van der Waals surface area contributed by atoms with Gasteiger partial charge in [0.25, 0.3) is 0 Å². The fraction of sp³-hybridized carbons (Fsp3) is 0.269. The van der Waals surface area contributed by atoms with Crippen LogP contribution in [-0.2, 0) is 11.2 Å². The number of methoxy groups -OCH3 is 1. The predicted molar refractivity (Wildman–Crippen MR) is 130 cm³/mol. The molecule has 0 fully saturated rings. The Bertz CT molecular complexity index is 1230. The molecular weight excluding hydrogens is 434 g/mol. The molecule has 7 heteroatoms. The van der Waals surface area contributed by atoms with Crippen LogP contribution in [0.3, 0.4) is 0 Å². The summed E-state index contributed by atoms with van der Waals surface area (Å²) in [5, 5.41) is 4.05. The van der Waals surface area contributed by atoms with Gasteiger partial charge in [-0.1, -0.05) is 29.8 Å². The van der Waals surface area contributed by atoms with Gasteiger partial charge in [0.05, 0.1) is 29.9 Å². The maximum absolute atomic E-state index is 12.6. The van der Waals surface area contributed by atoms with Gasteiger partial charge in [-0.05, 0) is 45.0 Å². The van der Waals surface area contributed by atoms with Gasteiger partial charge in [-0.2, -0.15) is 0 Å². The van der Waals surface area contributed by atoms with Crippen molar-refractivity contribution in [2.45, 2.75) is 39.7 Å². The molecule has 33 heavy (non-hydrogen) atoms. The maximum atomic E-state index is 12.6. The fourth-order valence-corrected chi connectivity index (χ4v) is 4.62. The van der Waals surface area contributed by atoms with Crippen molar-refractivity contribution < 1.29 is 13.9 Å². The van der Waals surface area contributed by atoms with Gasteiger partial charge < -0.3 is 14.5 Å².